The van der Waals surface area contributed by atoms with Crippen LogP contribution in [0.3, 0.4) is 0 Å². The zero-order valence-corrected chi connectivity index (χ0v) is 10.3. The van der Waals surface area contributed by atoms with Gasteiger partial charge in [0, 0.05) is 6.20 Å². The summed E-state index contributed by atoms with van der Waals surface area (Å²) in [6.07, 6.45) is 0.911. The van der Waals surface area contributed by atoms with E-state index >= 15 is 0 Å². The van der Waals surface area contributed by atoms with Crippen LogP contribution >= 0.6 is 0 Å². The minimum Gasteiger partial charge on any atom is -0.505 e. The number of hydrogen-bond donors (Lipinski definition) is 5. The maximum atomic E-state index is 11.9. The largest absolute Gasteiger partial charge is 0.505 e. The number of carbonyl (C=O) groups excluding carboxylic acids is 1. The molecule has 9 heteroatoms. The van der Waals surface area contributed by atoms with Gasteiger partial charge in [-0.05, 0) is 12.1 Å². The number of aromatic nitrogens is 2. The van der Waals surface area contributed by atoms with Gasteiger partial charge >= 0.3 is 11.7 Å². The van der Waals surface area contributed by atoms with Crippen molar-refractivity contribution in [3.05, 3.63) is 56.4 Å². The molecule has 0 saturated heterocycles. The van der Waals surface area contributed by atoms with Gasteiger partial charge in [0.05, 0.1) is 5.69 Å². The first kappa shape index (κ1) is 14.1. The molecule has 0 radical (unpaired) electrons. The molecule has 9 nitrogen and oxygen atoms in total. The lowest BCUT2D eigenvalue weighted by atomic mass is 10.1. The minimum atomic E-state index is -1.37. The predicted molar refractivity (Wildman–Crippen MR) is 70.7 cm³/mol. The molecule has 0 bridgehead atoms. The number of amides is 1. The maximum absolute atomic E-state index is 11.9. The molecule has 0 spiro atoms. The third-order valence-corrected chi connectivity index (χ3v) is 2.58. The number of rotatable bonds is 3. The van der Waals surface area contributed by atoms with Crippen LogP contribution in [0, 0.1) is 0 Å². The van der Waals surface area contributed by atoms with Crippen molar-refractivity contribution in [2.75, 3.05) is 5.32 Å². The number of carbonyl (C=O) groups is 2. The first-order valence-electron chi connectivity index (χ1n) is 5.59. The Kier molecular flexibility index (Phi) is 3.57. The number of benzene rings is 1. The molecule has 21 heavy (non-hydrogen) atoms. The summed E-state index contributed by atoms with van der Waals surface area (Å²) in [4.78, 5) is 49.0. The van der Waals surface area contributed by atoms with E-state index in [0.29, 0.717) is 0 Å². The fraction of sp³-hybridized carbons (Fsp3) is 0. The van der Waals surface area contributed by atoms with Gasteiger partial charge in [-0.2, -0.15) is 0 Å². The number of aromatic hydroxyl groups is 1. The number of aromatic amines is 2. The highest BCUT2D eigenvalue weighted by Crippen LogP contribution is 2.27. The zero-order chi connectivity index (χ0) is 15.6. The third-order valence-electron chi connectivity index (χ3n) is 2.58. The molecule has 0 unspecified atom stereocenters. The van der Waals surface area contributed by atoms with E-state index in [1.54, 1.807) is 0 Å². The van der Waals surface area contributed by atoms with E-state index in [9.17, 15) is 24.3 Å². The van der Waals surface area contributed by atoms with E-state index < -0.39 is 40.0 Å². The number of anilines is 1. The van der Waals surface area contributed by atoms with Crippen molar-refractivity contribution in [1.29, 1.82) is 0 Å². The van der Waals surface area contributed by atoms with Gasteiger partial charge in [-0.15, -0.1) is 0 Å². The lowest BCUT2D eigenvalue weighted by Crippen LogP contribution is -2.29. The number of H-pyrrole nitrogens is 2. The molecule has 0 saturated carbocycles. The Labute approximate surface area is 115 Å². The second-order valence-corrected chi connectivity index (χ2v) is 3.95. The molecule has 0 atom stereocenters. The Morgan fingerprint density at radius 2 is 1.86 bits per heavy atom. The highest BCUT2D eigenvalue weighted by atomic mass is 16.4. The number of carboxylic acids is 1. The Balaban J connectivity index is 2.36. The summed E-state index contributed by atoms with van der Waals surface area (Å²) in [5, 5.41) is 20.8. The molecule has 5 N–H and O–H groups in total. The monoisotopic (exact) mass is 291 g/mol. The fourth-order valence-electron chi connectivity index (χ4n) is 1.59. The standard InChI is InChI=1S/C12H9N3O6/c16-8-5(11(19)20)2-1-3-7(8)14-9(17)6-4-13-12(21)15-10(6)18/h1-4,16H,(H,14,17)(H,19,20)(H2,13,15,18,21). The minimum absolute atomic E-state index is 0.175. The van der Waals surface area contributed by atoms with Crippen LogP contribution in [-0.2, 0) is 0 Å². The molecule has 2 aromatic rings. The topological polar surface area (TPSA) is 152 Å². The number of phenols is 1. The quantitative estimate of drug-likeness (QED) is 0.490. The van der Waals surface area contributed by atoms with Gasteiger partial charge in [-0.25, -0.2) is 9.59 Å². The van der Waals surface area contributed by atoms with Crippen LogP contribution in [0.4, 0.5) is 5.69 Å². The number of carboxylic acid groups (broad SMARTS) is 1. The number of hydrogen-bond acceptors (Lipinski definition) is 5. The molecular formula is C12H9N3O6. The molecule has 108 valence electrons. The summed E-state index contributed by atoms with van der Waals surface area (Å²) in [5.41, 5.74) is -2.65. The number of aromatic carboxylic acids is 1. The molecule has 0 aliphatic carbocycles. The second kappa shape index (κ2) is 5.33. The molecule has 1 heterocycles. The summed E-state index contributed by atoms with van der Waals surface area (Å²) >= 11 is 0. The van der Waals surface area contributed by atoms with Crippen molar-refractivity contribution in [2.45, 2.75) is 0 Å². The van der Waals surface area contributed by atoms with E-state index in [4.69, 9.17) is 5.11 Å². The average molecular weight is 291 g/mol. The Bertz CT molecular complexity index is 835. The Morgan fingerprint density at radius 3 is 2.48 bits per heavy atom. The summed E-state index contributed by atoms with van der Waals surface area (Å²) in [6.45, 7) is 0. The predicted octanol–water partition coefficient (Wildman–Crippen LogP) is -0.281. The highest BCUT2D eigenvalue weighted by molar-refractivity contribution is 6.05. The van der Waals surface area contributed by atoms with Gasteiger partial charge in [0.2, 0.25) is 0 Å². The SMILES string of the molecule is O=C(O)c1cccc(NC(=O)c2c[nH]c(=O)[nH]c2=O)c1O. The van der Waals surface area contributed by atoms with Gasteiger partial charge in [0.1, 0.15) is 11.1 Å². The molecule has 0 aliphatic heterocycles. The average Bonchev–Trinajstić information content (AvgIpc) is 2.40. The van der Waals surface area contributed by atoms with Crippen molar-refractivity contribution in [2.24, 2.45) is 0 Å². The van der Waals surface area contributed by atoms with Crippen LogP contribution in [0.25, 0.3) is 0 Å². The van der Waals surface area contributed by atoms with Crippen molar-refractivity contribution in [1.82, 2.24) is 9.97 Å². The number of para-hydroxylation sites is 1. The van der Waals surface area contributed by atoms with Crippen molar-refractivity contribution in [3.63, 3.8) is 0 Å². The van der Waals surface area contributed by atoms with Crippen LogP contribution in [0.5, 0.6) is 5.75 Å². The maximum Gasteiger partial charge on any atom is 0.339 e. The first-order valence-corrected chi connectivity index (χ1v) is 5.59. The summed E-state index contributed by atoms with van der Waals surface area (Å²) in [5.74, 6) is -2.92. The highest BCUT2D eigenvalue weighted by Gasteiger charge is 2.17. The normalized spacial score (nSPS) is 10.1. The molecule has 1 amide bonds. The summed E-state index contributed by atoms with van der Waals surface area (Å²) in [6, 6.07) is 3.73. The molecule has 0 fully saturated rings. The van der Waals surface area contributed by atoms with Gasteiger partial charge in [0.15, 0.2) is 5.75 Å². The fourth-order valence-corrected chi connectivity index (χ4v) is 1.59. The molecule has 1 aromatic carbocycles. The molecule has 0 aliphatic rings. The summed E-state index contributed by atoms with van der Waals surface area (Å²) < 4.78 is 0. The van der Waals surface area contributed by atoms with Crippen LogP contribution in [0.1, 0.15) is 20.7 Å². The second-order valence-electron chi connectivity index (χ2n) is 3.95. The molecule has 1 aromatic heterocycles. The van der Waals surface area contributed by atoms with E-state index in [-0.39, 0.29) is 5.69 Å². The van der Waals surface area contributed by atoms with Crippen molar-refractivity contribution < 1.29 is 19.8 Å². The van der Waals surface area contributed by atoms with Gasteiger partial charge < -0.3 is 20.5 Å². The van der Waals surface area contributed by atoms with E-state index in [1.165, 1.54) is 12.1 Å². The Morgan fingerprint density at radius 1 is 1.14 bits per heavy atom. The number of nitrogens with one attached hydrogen (secondary N) is 3. The van der Waals surface area contributed by atoms with Gasteiger partial charge in [-0.1, -0.05) is 6.07 Å². The van der Waals surface area contributed by atoms with E-state index in [1.807, 2.05) is 4.98 Å². The van der Waals surface area contributed by atoms with Gasteiger partial charge in [0.25, 0.3) is 11.5 Å². The first-order chi connectivity index (χ1) is 9.90. The lowest BCUT2D eigenvalue weighted by Gasteiger charge is -2.08. The molecule has 2 rings (SSSR count). The van der Waals surface area contributed by atoms with Gasteiger partial charge in [-0.3, -0.25) is 14.6 Å². The van der Waals surface area contributed by atoms with Crippen LogP contribution in [0.2, 0.25) is 0 Å². The zero-order valence-electron chi connectivity index (χ0n) is 10.3. The summed E-state index contributed by atoms with van der Waals surface area (Å²) in [7, 11) is 0. The van der Waals surface area contributed by atoms with E-state index in [0.717, 1.165) is 12.3 Å². The third kappa shape index (κ3) is 2.81. The van der Waals surface area contributed by atoms with Crippen LogP contribution < -0.4 is 16.6 Å². The van der Waals surface area contributed by atoms with E-state index in [2.05, 4.69) is 10.3 Å². The van der Waals surface area contributed by atoms with Crippen LogP contribution in [-0.4, -0.2) is 32.1 Å². The van der Waals surface area contributed by atoms with Crippen molar-refractivity contribution in [3.8, 4) is 5.75 Å². The lowest BCUT2D eigenvalue weighted by molar-refractivity contribution is 0.0693. The van der Waals surface area contributed by atoms with Crippen molar-refractivity contribution >= 4 is 17.6 Å². The van der Waals surface area contributed by atoms with Crippen LogP contribution in [0.15, 0.2) is 34.0 Å². The smallest absolute Gasteiger partial charge is 0.339 e. The molecular weight excluding hydrogens is 282 g/mol. The Hall–Kier alpha value is -3.36.